The van der Waals surface area contributed by atoms with Crippen molar-refractivity contribution < 1.29 is 14.3 Å². The Bertz CT molecular complexity index is 1220. The molecule has 0 unspecified atom stereocenters. The molecule has 0 aliphatic carbocycles. The van der Waals surface area contributed by atoms with Crippen LogP contribution in [0.25, 0.3) is 0 Å². The largest absolute Gasteiger partial charge is 0.494 e. The number of methoxy groups -OCH3 is 1. The zero-order chi connectivity index (χ0) is 23.9. The minimum atomic E-state index is -0.223. The number of rotatable bonds is 7. The first-order chi connectivity index (χ1) is 16.6. The predicted octanol–water partition coefficient (Wildman–Crippen LogP) is 3.65. The second-order valence-corrected chi connectivity index (χ2v) is 7.59. The number of anilines is 5. The fourth-order valence-corrected chi connectivity index (χ4v) is 3.73. The van der Waals surface area contributed by atoms with Crippen LogP contribution in [0.3, 0.4) is 0 Å². The van der Waals surface area contributed by atoms with Crippen LogP contribution in [0.15, 0.2) is 54.7 Å². The Labute approximate surface area is 198 Å². The Hall–Kier alpha value is -4.29. The lowest BCUT2D eigenvalue weighted by atomic mass is 10.1. The van der Waals surface area contributed by atoms with Gasteiger partial charge in [-0.25, -0.2) is 4.98 Å². The monoisotopic (exact) mass is 458 g/mol. The molecule has 1 amide bonds. The smallest absolute Gasteiger partial charge is 0.253 e. The van der Waals surface area contributed by atoms with Crippen molar-refractivity contribution in [1.82, 2.24) is 10.3 Å². The number of morpholine rings is 1. The second kappa shape index (κ2) is 10.6. The van der Waals surface area contributed by atoms with E-state index in [-0.39, 0.29) is 5.91 Å². The first kappa shape index (κ1) is 22.9. The number of pyridine rings is 1. The average molecular weight is 459 g/mol. The Morgan fingerprint density at radius 3 is 2.62 bits per heavy atom. The number of nitriles is 1. The van der Waals surface area contributed by atoms with Crippen LogP contribution in [0.5, 0.6) is 5.75 Å². The summed E-state index contributed by atoms with van der Waals surface area (Å²) in [6.07, 6.45) is 1.49. The molecule has 0 saturated carbocycles. The van der Waals surface area contributed by atoms with Crippen LogP contribution >= 0.6 is 0 Å². The number of benzene rings is 2. The number of aromatic nitrogens is 1. The molecule has 4 rings (SSSR count). The highest BCUT2D eigenvalue weighted by molar-refractivity contribution is 6.00. The van der Waals surface area contributed by atoms with Gasteiger partial charge in [0.15, 0.2) is 0 Å². The highest BCUT2D eigenvalue weighted by Gasteiger charge is 2.15. The number of hydrogen-bond acceptors (Lipinski definition) is 8. The van der Waals surface area contributed by atoms with Gasteiger partial charge >= 0.3 is 0 Å². The van der Waals surface area contributed by atoms with Crippen molar-refractivity contribution >= 4 is 34.5 Å². The van der Waals surface area contributed by atoms with Crippen molar-refractivity contribution in [3.05, 3.63) is 65.9 Å². The van der Waals surface area contributed by atoms with Gasteiger partial charge in [-0.1, -0.05) is 12.1 Å². The van der Waals surface area contributed by atoms with E-state index >= 15 is 0 Å². The lowest BCUT2D eigenvalue weighted by Gasteiger charge is -2.29. The Morgan fingerprint density at radius 1 is 1.09 bits per heavy atom. The summed E-state index contributed by atoms with van der Waals surface area (Å²) in [5.74, 6) is 0.977. The van der Waals surface area contributed by atoms with Crippen LogP contribution in [0, 0.1) is 11.3 Å². The van der Waals surface area contributed by atoms with E-state index in [0.717, 1.165) is 24.5 Å². The SMILES string of the molecule is CNC(=O)c1ccccc1Nc1cc(Nc2ccc(N3CCOCC3)cc2OC)ncc1C#N. The Morgan fingerprint density at radius 2 is 1.88 bits per heavy atom. The molecule has 1 saturated heterocycles. The molecule has 3 aromatic rings. The van der Waals surface area contributed by atoms with Crippen LogP contribution in [-0.2, 0) is 4.74 Å². The molecule has 1 aliphatic heterocycles. The summed E-state index contributed by atoms with van der Waals surface area (Å²) in [6, 6.07) is 16.9. The standard InChI is InChI=1S/C25H26N6O3/c1-27-25(32)19-5-3-4-6-20(19)29-22-14-24(28-16-17(22)15-26)30-21-8-7-18(13-23(21)33-2)31-9-11-34-12-10-31/h3-8,13-14,16H,9-12H2,1-2H3,(H,27,32)(H2,28,29,30). The van der Waals surface area contributed by atoms with E-state index in [1.54, 1.807) is 38.4 Å². The number of amides is 1. The highest BCUT2D eigenvalue weighted by atomic mass is 16.5. The van der Waals surface area contributed by atoms with Crippen molar-refractivity contribution in [2.24, 2.45) is 0 Å². The van der Waals surface area contributed by atoms with Gasteiger partial charge in [0.1, 0.15) is 17.6 Å². The molecule has 0 bridgehead atoms. The Balaban J connectivity index is 1.60. The summed E-state index contributed by atoms with van der Waals surface area (Å²) < 4.78 is 11.0. The molecule has 3 N–H and O–H groups in total. The normalized spacial score (nSPS) is 13.0. The molecule has 0 spiro atoms. The maximum absolute atomic E-state index is 12.2. The maximum Gasteiger partial charge on any atom is 0.253 e. The summed E-state index contributed by atoms with van der Waals surface area (Å²) in [5.41, 5.74) is 3.75. The lowest BCUT2D eigenvalue weighted by molar-refractivity contribution is 0.0964. The summed E-state index contributed by atoms with van der Waals surface area (Å²) in [5, 5.41) is 18.7. The van der Waals surface area contributed by atoms with Crippen molar-refractivity contribution in [2.45, 2.75) is 0 Å². The molecule has 9 nitrogen and oxygen atoms in total. The van der Waals surface area contributed by atoms with Gasteiger partial charge in [-0.15, -0.1) is 0 Å². The zero-order valence-corrected chi connectivity index (χ0v) is 19.1. The van der Waals surface area contributed by atoms with Crippen molar-refractivity contribution in [3.63, 3.8) is 0 Å². The van der Waals surface area contributed by atoms with Crippen LogP contribution in [0.4, 0.5) is 28.6 Å². The highest BCUT2D eigenvalue weighted by Crippen LogP contribution is 2.33. The van der Waals surface area contributed by atoms with Crippen LogP contribution in [0.1, 0.15) is 15.9 Å². The maximum atomic E-state index is 12.2. The first-order valence-corrected chi connectivity index (χ1v) is 10.9. The first-order valence-electron chi connectivity index (χ1n) is 10.9. The van der Waals surface area contributed by atoms with Crippen LogP contribution < -0.4 is 25.6 Å². The van der Waals surface area contributed by atoms with Crippen molar-refractivity contribution in [1.29, 1.82) is 5.26 Å². The predicted molar refractivity (Wildman–Crippen MR) is 131 cm³/mol. The van der Waals surface area contributed by atoms with Gasteiger partial charge in [0.2, 0.25) is 0 Å². The van der Waals surface area contributed by atoms with E-state index in [9.17, 15) is 10.1 Å². The molecule has 2 heterocycles. The number of nitrogens with one attached hydrogen (secondary N) is 3. The second-order valence-electron chi connectivity index (χ2n) is 7.59. The van der Waals surface area contributed by atoms with E-state index in [2.05, 4.69) is 31.9 Å². The molecule has 0 radical (unpaired) electrons. The molecule has 1 aromatic heterocycles. The number of ether oxygens (including phenoxy) is 2. The number of para-hydroxylation sites is 1. The van der Waals surface area contributed by atoms with E-state index in [1.165, 1.54) is 6.20 Å². The summed E-state index contributed by atoms with van der Waals surface area (Å²) in [6.45, 7) is 3.08. The van der Waals surface area contributed by atoms with E-state index < -0.39 is 0 Å². The number of hydrogen-bond donors (Lipinski definition) is 3. The van der Waals surface area contributed by atoms with Crippen molar-refractivity contribution in [2.75, 3.05) is 56.0 Å². The van der Waals surface area contributed by atoms with Gasteiger partial charge in [-0.3, -0.25) is 4.79 Å². The van der Waals surface area contributed by atoms with Gasteiger partial charge in [0.05, 0.1) is 48.5 Å². The molecule has 34 heavy (non-hydrogen) atoms. The van der Waals surface area contributed by atoms with Gasteiger partial charge in [-0.2, -0.15) is 5.26 Å². The Kier molecular flexibility index (Phi) is 7.10. The van der Waals surface area contributed by atoms with Crippen LogP contribution in [0.2, 0.25) is 0 Å². The molecule has 1 fully saturated rings. The minimum absolute atomic E-state index is 0.223. The third-order valence-electron chi connectivity index (χ3n) is 5.52. The summed E-state index contributed by atoms with van der Waals surface area (Å²) in [4.78, 5) is 18.9. The van der Waals surface area contributed by atoms with Gasteiger partial charge in [-0.05, 0) is 24.3 Å². The van der Waals surface area contributed by atoms with Gasteiger partial charge in [0.25, 0.3) is 5.91 Å². The fourth-order valence-electron chi connectivity index (χ4n) is 3.73. The van der Waals surface area contributed by atoms with Gasteiger partial charge in [0, 0.05) is 44.2 Å². The number of carbonyl (C=O) groups excluding carboxylic acids is 1. The molecule has 174 valence electrons. The molecular weight excluding hydrogens is 432 g/mol. The molecular formula is C25H26N6O3. The van der Waals surface area contributed by atoms with E-state index in [0.29, 0.717) is 47.3 Å². The molecule has 2 aromatic carbocycles. The number of carbonyl (C=O) groups is 1. The number of nitrogens with zero attached hydrogens (tertiary/aromatic N) is 3. The summed E-state index contributed by atoms with van der Waals surface area (Å²) in [7, 11) is 3.20. The molecule has 1 aliphatic rings. The third kappa shape index (κ3) is 5.03. The fraction of sp³-hybridized carbons (Fsp3) is 0.240. The summed E-state index contributed by atoms with van der Waals surface area (Å²) >= 11 is 0. The van der Waals surface area contributed by atoms with Crippen molar-refractivity contribution in [3.8, 4) is 11.8 Å². The topological polar surface area (TPSA) is 112 Å². The van der Waals surface area contributed by atoms with E-state index in [1.807, 2.05) is 24.3 Å². The average Bonchev–Trinajstić information content (AvgIpc) is 2.89. The molecule has 0 atom stereocenters. The van der Waals surface area contributed by atoms with E-state index in [4.69, 9.17) is 9.47 Å². The lowest BCUT2D eigenvalue weighted by Crippen LogP contribution is -2.36. The minimum Gasteiger partial charge on any atom is -0.494 e. The molecule has 9 heteroatoms. The zero-order valence-electron chi connectivity index (χ0n) is 19.1. The van der Waals surface area contributed by atoms with Crippen LogP contribution in [-0.4, -0.2) is 51.4 Å². The third-order valence-corrected chi connectivity index (χ3v) is 5.52. The van der Waals surface area contributed by atoms with Gasteiger partial charge < -0.3 is 30.3 Å². The quantitative estimate of drug-likeness (QED) is 0.492.